The Hall–Kier alpha value is -0.760. The molecule has 2 aliphatic rings. The lowest BCUT2D eigenvalue weighted by Crippen LogP contribution is -2.16. The van der Waals surface area contributed by atoms with Crippen LogP contribution in [-0.2, 0) is 0 Å². The minimum absolute atomic E-state index is 0.496. The molecule has 0 aromatic carbocycles. The van der Waals surface area contributed by atoms with Crippen molar-refractivity contribution in [2.75, 3.05) is 6.54 Å². The van der Waals surface area contributed by atoms with Gasteiger partial charge in [-0.1, -0.05) is 6.42 Å². The molecule has 1 saturated heterocycles. The summed E-state index contributed by atoms with van der Waals surface area (Å²) < 4.78 is 5.71. The summed E-state index contributed by atoms with van der Waals surface area (Å²) in [5.74, 6) is 3.92. The molecule has 1 aliphatic carbocycles. The van der Waals surface area contributed by atoms with Crippen LogP contribution in [-0.4, -0.2) is 6.54 Å². The lowest BCUT2D eigenvalue weighted by atomic mass is 9.93. The number of hydrogen-bond donors (Lipinski definition) is 1. The van der Waals surface area contributed by atoms with Crippen LogP contribution < -0.4 is 5.32 Å². The third-order valence-corrected chi connectivity index (χ3v) is 3.81. The first-order valence-corrected chi connectivity index (χ1v) is 5.64. The van der Waals surface area contributed by atoms with Gasteiger partial charge < -0.3 is 9.73 Å². The van der Waals surface area contributed by atoms with Gasteiger partial charge in [0, 0.05) is 0 Å². The first-order valence-electron chi connectivity index (χ1n) is 5.64. The minimum Gasteiger partial charge on any atom is -0.465 e. The van der Waals surface area contributed by atoms with Crippen molar-refractivity contribution in [2.45, 2.75) is 32.2 Å². The van der Waals surface area contributed by atoms with Gasteiger partial charge >= 0.3 is 0 Å². The number of furan rings is 1. The summed E-state index contributed by atoms with van der Waals surface area (Å²) in [6, 6.07) is 4.70. The number of nitrogens with one attached hydrogen (secondary N) is 1. The summed E-state index contributed by atoms with van der Waals surface area (Å²) in [5.41, 5.74) is 0. The number of aryl methyl sites for hydroxylation is 1. The Labute approximate surface area is 84.7 Å². The minimum atomic E-state index is 0.496. The zero-order valence-electron chi connectivity index (χ0n) is 8.62. The molecular weight excluding hydrogens is 174 g/mol. The molecule has 0 amide bonds. The van der Waals surface area contributed by atoms with Gasteiger partial charge in [-0.2, -0.15) is 0 Å². The highest BCUT2D eigenvalue weighted by Gasteiger charge is 2.40. The van der Waals surface area contributed by atoms with Crippen LogP contribution in [0.25, 0.3) is 0 Å². The maximum absolute atomic E-state index is 5.71. The van der Waals surface area contributed by atoms with Crippen molar-refractivity contribution in [3.63, 3.8) is 0 Å². The predicted octanol–water partition coefficient (Wildman–Crippen LogP) is 2.65. The van der Waals surface area contributed by atoms with Crippen LogP contribution in [0.1, 0.15) is 36.8 Å². The molecular formula is C12H17NO. The van der Waals surface area contributed by atoms with Crippen LogP contribution in [0.5, 0.6) is 0 Å². The monoisotopic (exact) mass is 191 g/mol. The van der Waals surface area contributed by atoms with E-state index in [1.807, 2.05) is 6.92 Å². The fourth-order valence-electron chi connectivity index (χ4n) is 3.12. The second kappa shape index (κ2) is 3.13. The largest absolute Gasteiger partial charge is 0.465 e. The molecule has 14 heavy (non-hydrogen) atoms. The first-order chi connectivity index (χ1) is 6.84. The molecule has 3 unspecified atom stereocenters. The Morgan fingerprint density at radius 1 is 1.36 bits per heavy atom. The van der Waals surface area contributed by atoms with Crippen molar-refractivity contribution in [2.24, 2.45) is 11.8 Å². The summed E-state index contributed by atoms with van der Waals surface area (Å²) in [5, 5.41) is 3.59. The fourth-order valence-corrected chi connectivity index (χ4v) is 3.12. The summed E-state index contributed by atoms with van der Waals surface area (Å²) in [6.45, 7) is 3.21. The van der Waals surface area contributed by atoms with Gasteiger partial charge in [0.15, 0.2) is 0 Å². The lowest BCUT2D eigenvalue weighted by Gasteiger charge is -2.15. The molecule has 0 bridgehead atoms. The third kappa shape index (κ3) is 1.21. The van der Waals surface area contributed by atoms with Gasteiger partial charge in [-0.05, 0) is 50.3 Å². The van der Waals surface area contributed by atoms with E-state index in [9.17, 15) is 0 Å². The van der Waals surface area contributed by atoms with E-state index in [1.54, 1.807) is 0 Å². The summed E-state index contributed by atoms with van der Waals surface area (Å²) in [7, 11) is 0. The lowest BCUT2D eigenvalue weighted by molar-refractivity contribution is 0.351. The smallest absolute Gasteiger partial charge is 0.121 e. The van der Waals surface area contributed by atoms with Crippen LogP contribution >= 0.6 is 0 Å². The van der Waals surface area contributed by atoms with E-state index < -0.39 is 0 Å². The van der Waals surface area contributed by atoms with Crippen molar-refractivity contribution in [3.8, 4) is 0 Å². The maximum Gasteiger partial charge on any atom is 0.121 e. The second-order valence-electron chi connectivity index (χ2n) is 4.69. The van der Waals surface area contributed by atoms with Gasteiger partial charge in [-0.3, -0.25) is 0 Å². The summed E-state index contributed by atoms with van der Waals surface area (Å²) in [4.78, 5) is 0. The van der Waals surface area contributed by atoms with Crippen LogP contribution in [0.4, 0.5) is 0 Å². The van der Waals surface area contributed by atoms with E-state index in [0.29, 0.717) is 6.04 Å². The van der Waals surface area contributed by atoms with Crippen molar-refractivity contribution in [3.05, 3.63) is 23.7 Å². The van der Waals surface area contributed by atoms with E-state index >= 15 is 0 Å². The molecule has 0 spiro atoms. The Bertz CT molecular complexity index is 331. The zero-order chi connectivity index (χ0) is 9.54. The molecule has 2 heterocycles. The van der Waals surface area contributed by atoms with E-state index in [1.165, 1.54) is 25.8 Å². The van der Waals surface area contributed by atoms with E-state index in [4.69, 9.17) is 4.42 Å². The standard InChI is InChI=1S/C12H17NO/c1-8-5-6-11(14-8)12-10-4-2-3-9(10)7-13-12/h5-6,9-10,12-13H,2-4,7H2,1H3. The van der Waals surface area contributed by atoms with Crippen LogP contribution in [0.15, 0.2) is 16.5 Å². The number of fused-ring (bicyclic) bond motifs is 1. The quantitative estimate of drug-likeness (QED) is 0.738. The van der Waals surface area contributed by atoms with Gasteiger partial charge in [-0.25, -0.2) is 0 Å². The first kappa shape index (κ1) is 8.54. The number of rotatable bonds is 1. The molecule has 0 radical (unpaired) electrons. The molecule has 1 N–H and O–H groups in total. The normalized spacial score (nSPS) is 36.2. The molecule has 2 heteroatoms. The highest BCUT2D eigenvalue weighted by atomic mass is 16.3. The van der Waals surface area contributed by atoms with E-state index in [0.717, 1.165) is 23.4 Å². The average Bonchev–Trinajstić information content (AvgIpc) is 2.77. The summed E-state index contributed by atoms with van der Waals surface area (Å²) >= 11 is 0. The van der Waals surface area contributed by atoms with Crippen LogP contribution in [0, 0.1) is 18.8 Å². The highest BCUT2D eigenvalue weighted by molar-refractivity contribution is 5.14. The molecule has 1 aliphatic heterocycles. The molecule has 1 aromatic rings. The zero-order valence-corrected chi connectivity index (χ0v) is 8.62. The highest BCUT2D eigenvalue weighted by Crippen LogP contribution is 2.44. The third-order valence-electron chi connectivity index (χ3n) is 3.81. The Kier molecular flexibility index (Phi) is 1.91. The van der Waals surface area contributed by atoms with Gasteiger partial charge in [0.25, 0.3) is 0 Å². The molecule has 1 saturated carbocycles. The Balaban J connectivity index is 1.85. The van der Waals surface area contributed by atoms with E-state index in [2.05, 4.69) is 17.4 Å². The molecule has 1 aromatic heterocycles. The second-order valence-corrected chi connectivity index (χ2v) is 4.69. The SMILES string of the molecule is Cc1ccc(C2NCC3CCCC32)o1. The van der Waals surface area contributed by atoms with Gasteiger partial charge in [0.2, 0.25) is 0 Å². The predicted molar refractivity (Wildman–Crippen MR) is 55.0 cm³/mol. The molecule has 2 fully saturated rings. The fraction of sp³-hybridized carbons (Fsp3) is 0.667. The van der Waals surface area contributed by atoms with Crippen molar-refractivity contribution >= 4 is 0 Å². The van der Waals surface area contributed by atoms with E-state index in [-0.39, 0.29) is 0 Å². The van der Waals surface area contributed by atoms with Gasteiger partial charge in [0.1, 0.15) is 11.5 Å². The number of hydrogen-bond acceptors (Lipinski definition) is 2. The Morgan fingerprint density at radius 2 is 2.29 bits per heavy atom. The van der Waals surface area contributed by atoms with Crippen molar-refractivity contribution in [1.82, 2.24) is 5.32 Å². The summed E-state index contributed by atoms with van der Waals surface area (Å²) in [6.07, 6.45) is 4.20. The van der Waals surface area contributed by atoms with Crippen LogP contribution in [0.2, 0.25) is 0 Å². The van der Waals surface area contributed by atoms with Crippen molar-refractivity contribution < 1.29 is 4.42 Å². The Morgan fingerprint density at radius 3 is 3.07 bits per heavy atom. The molecule has 3 atom stereocenters. The topological polar surface area (TPSA) is 25.2 Å². The molecule has 76 valence electrons. The van der Waals surface area contributed by atoms with Crippen LogP contribution in [0.3, 0.4) is 0 Å². The van der Waals surface area contributed by atoms with Gasteiger partial charge in [-0.15, -0.1) is 0 Å². The maximum atomic E-state index is 5.71. The van der Waals surface area contributed by atoms with Gasteiger partial charge in [0.05, 0.1) is 6.04 Å². The molecule has 2 nitrogen and oxygen atoms in total. The molecule has 3 rings (SSSR count). The average molecular weight is 191 g/mol. The van der Waals surface area contributed by atoms with Crippen molar-refractivity contribution in [1.29, 1.82) is 0 Å².